The lowest BCUT2D eigenvalue weighted by atomic mass is 10.2. The maximum atomic E-state index is 6.11. The Kier molecular flexibility index (Phi) is 5.03. The summed E-state index contributed by atoms with van der Waals surface area (Å²) < 4.78 is 8.06. The predicted octanol–water partition coefficient (Wildman–Crippen LogP) is 4.38. The number of anilines is 1. The number of nitrogens with zero attached hydrogens (tertiary/aromatic N) is 2. The van der Waals surface area contributed by atoms with Crippen LogP contribution in [0.3, 0.4) is 0 Å². The van der Waals surface area contributed by atoms with Gasteiger partial charge >= 0.3 is 0 Å². The first-order valence-corrected chi connectivity index (χ1v) is 8.35. The fourth-order valence-electron chi connectivity index (χ4n) is 2.95. The average molecular weight is 332 g/mol. The third-order valence-electron chi connectivity index (χ3n) is 4.29. The third-order valence-corrected chi connectivity index (χ3v) is 4.62. The van der Waals surface area contributed by atoms with Gasteiger partial charge in [0.05, 0.1) is 23.0 Å². The van der Waals surface area contributed by atoms with Gasteiger partial charge in [0.15, 0.2) is 0 Å². The van der Waals surface area contributed by atoms with Crippen molar-refractivity contribution in [3.63, 3.8) is 0 Å². The summed E-state index contributed by atoms with van der Waals surface area (Å²) in [6.45, 7) is 6.06. The molecule has 1 fully saturated rings. The van der Waals surface area contributed by atoms with E-state index in [4.69, 9.17) is 16.3 Å². The van der Waals surface area contributed by atoms with E-state index in [1.807, 2.05) is 30.5 Å². The van der Waals surface area contributed by atoms with Crippen LogP contribution in [-0.4, -0.2) is 23.5 Å². The molecule has 1 aromatic carbocycles. The van der Waals surface area contributed by atoms with Crippen molar-refractivity contribution in [3.8, 4) is 0 Å². The topological polar surface area (TPSA) is 38.5 Å². The van der Waals surface area contributed by atoms with E-state index in [0.717, 1.165) is 30.8 Å². The van der Waals surface area contributed by atoms with E-state index < -0.39 is 0 Å². The highest BCUT2D eigenvalue weighted by molar-refractivity contribution is 6.33. The Bertz CT molecular complexity index is 702. The number of aromatic nitrogens is 1. The van der Waals surface area contributed by atoms with Crippen LogP contribution < -0.4 is 5.43 Å². The number of aryl methyl sites for hydroxylation is 1. The summed E-state index contributed by atoms with van der Waals surface area (Å²) in [5, 5.41) is 4.98. The highest BCUT2D eigenvalue weighted by Gasteiger charge is 2.18. The van der Waals surface area contributed by atoms with Crippen LogP contribution in [0.4, 0.5) is 5.69 Å². The van der Waals surface area contributed by atoms with Crippen LogP contribution in [0, 0.1) is 13.8 Å². The molecule has 1 saturated heterocycles. The molecular formula is C18H22ClN3O. The maximum absolute atomic E-state index is 6.11. The van der Waals surface area contributed by atoms with Gasteiger partial charge in [-0.3, -0.25) is 5.43 Å². The lowest BCUT2D eigenvalue weighted by molar-refractivity contribution is 0.0962. The Labute approximate surface area is 142 Å². The van der Waals surface area contributed by atoms with Gasteiger partial charge in [-0.15, -0.1) is 0 Å². The third kappa shape index (κ3) is 3.77. The first kappa shape index (κ1) is 16.1. The molecule has 5 heteroatoms. The maximum Gasteiger partial charge on any atom is 0.0754 e. The van der Waals surface area contributed by atoms with Crippen molar-refractivity contribution in [2.75, 3.05) is 12.0 Å². The van der Waals surface area contributed by atoms with Crippen LogP contribution in [0.2, 0.25) is 5.02 Å². The largest absolute Gasteiger partial charge is 0.376 e. The molecule has 4 nitrogen and oxygen atoms in total. The Hall–Kier alpha value is -1.78. The van der Waals surface area contributed by atoms with Crippen molar-refractivity contribution in [1.82, 2.24) is 4.57 Å². The van der Waals surface area contributed by atoms with Crippen molar-refractivity contribution in [2.24, 2.45) is 5.10 Å². The second-order valence-corrected chi connectivity index (χ2v) is 6.33. The number of nitrogens with one attached hydrogen (secondary N) is 1. The molecular weight excluding hydrogens is 310 g/mol. The van der Waals surface area contributed by atoms with Crippen molar-refractivity contribution < 1.29 is 4.74 Å². The van der Waals surface area contributed by atoms with Gasteiger partial charge in [-0.2, -0.15) is 5.10 Å². The Morgan fingerprint density at radius 3 is 2.96 bits per heavy atom. The standard InChI is InChI=1S/C18H22ClN3O/c1-13-10-15(11-20-21-18-8-4-3-7-17(18)19)14(2)22(13)12-16-6-5-9-23-16/h3-4,7-8,10-11,16,21H,5-6,9,12H2,1-2H3/b20-11-/t16-/m0/s1. The summed E-state index contributed by atoms with van der Waals surface area (Å²) in [7, 11) is 0. The van der Waals surface area contributed by atoms with Crippen LogP contribution in [0.1, 0.15) is 29.8 Å². The molecule has 0 aliphatic carbocycles. The number of halogens is 1. The SMILES string of the molecule is Cc1cc(/C=N\Nc2ccccc2Cl)c(C)n1C[C@@H]1CCCO1. The lowest BCUT2D eigenvalue weighted by Crippen LogP contribution is -2.16. The fraction of sp³-hybridized carbons (Fsp3) is 0.389. The zero-order valence-corrected chi connectivity index (χ0v) is 14.3. The zero-order valence-electron chi connectivity index (χ0n) is 13.6. The molecule has 0 saturated carbocycles. The van der Waals surface area contributed by atoms with Gasteiger partial charge in [0, 0.05) is 30.1 Å². The number of ether oxygens (including phenoxy) is 1. The van der Waals surface area contributed by atoms with Gasteiger partial charge in [0.2, 0.25) is 0 Å². The van der Waals surface area contributed by atoms with Crippen LogP contribution in [0.15, 0.2) is 35.4 Å². The second-order valence-electron chi connectivity index (χ2n) is 5.92. The summed E-state index contributed by atoms with van der Waals surface area (Å²) in [4.78, 5) is 0. The van der Waals surface area contributed by atoms with E-state index in [2.05, 4.69) is 35.0 Å². The van der Waals surface area contributed by atoms with E-state index in [9.17, 15) is 0 Å². The molecule has 0 bridgehead atoms. The Morgan fingerprint density at radius 1 is 1.39 bits per heavy atom. The molecule has 3 rings (SSSR count). The molecule has 2 aromatic rings. The highest BCUT2D eigenvalue weighted by atomic mass is 35.5. The number of hydrogen-bond acceptors (Lipinski definition) is 3. The highest BCUT2D eigenvalue weighted by Crippen LogP contribution is 2.21. The first-order chi connectivity index (χ1) is 11.1. The van der Waals surface area contributed by atoms with Crippen molar-refractivity contribution in [2.45, 2.75) is 39.3 Å². The van der Waals surface area contributed by atoms with E-state index in [1.54, 1.807) is 0 Å². The molecule has 0 spiro atoms. The molecule has 122 valence electrons. The Balaban J connectivity index is 1.70. The minimum atomic E-state index is 0.339. The van der Waals surface area contributed by atoms with Crippen LogP contribution in [0.5, 0.6) is 0 Å². The normalized spacial score (nSPS) is 18.0. The van der Waals surface area contributed by atoms with Gasteiger partial charge in [-0.1, -0.05) is 23.7 Å². The minimum absolute atomic E-state index is 0.339. The summed E-state index contributed by atoms with van der Waals surface area (Å²) >= 11 is 6.11. The summed E-state index contributed by atoms with van der Waals surface area (Å²) in [6, 6.07) is 9.72. The van der Waals surface area contributed by atoms with Crippen LogP contribution in [-0.2, 0) is 11.3 Å². The monoisotopic (exact) mass is 331 g/mol. The molecule has 1 aliphatic rings. The zero-order chi connectivity index (χ0) is 16.2. The van der Waals surface area contributed by atoms with Crippen molar-refractivity contribution >= 4 is 23.5 Å². The Morgan fingerprint density at radius 2 is 2.22 bits per heavy atom. The number of rotatable bonds is 5. The molecule has 1 atom stereocenters. The molecule has 23 heavy (non-hydrogen) atoms. The van der Waals surface area contributed by atoms with Crippen molar-refractivity contribution in [1.29, 1.82) is 0 Å². The van der Waals surface area contributed by atoms with Gasteiger partial charge < -0.3 is 9.30 Å². The van der Waals surface area contributed by atoms with Gasteiger partial charge in [-0.05, 0) is 44.9 Å². The second kappa shape index (κ2) is 7.20. The quantitative estimate of drug-likeness (QED) is 0.652. The molecule has 1 aromatic heterocycles. The van der Waals surface area contributed by atoms with Crippen LogP contribution in [0.25, 0.3) is 0 Å². The summed E-state index contributed by atoms with van der Waals surface area (Å²) in [5.41, 5.74) is 7.35. The van der Waals surface area contributed by atoms with Gasteiger partial charge in [0.1, 0.15) is 0 Å². The van der Waals surface area contributed by atoms with E-state index in [-0.39, 0.29) is 0 Å². The number of hydrazone groups is 1. The van der Waals surface area contributed by atoms with E-state index >= 15 is 0 Å². The first-order valence-electron chi connectivity index (χ1n) is 7.97. The fourth-order valence-corrected chi connectivity index (χ4v) is 3.13. The molecule has 2 heterocycles. The number of hydrogen-bond donors (Lipinski definition) is 1. The van der Waals surface area contributed by atoms with Gasteiger partial charge in [0.25, 0.3) is 0 Å². The average Bonchev–Trinajstić information content (AvgIpc) is 3.14. The summed E-state index contributed by atoms with van der Waals surface area (Å²) in [5.74, 6) is 0. The predicted molar refractivity (Wildman–Crippen MR) is 95.5 cm³/mol. The summed E-state index contributed by atoms with van der Waals surface area (Å²) in [6.07, 6.45) is 4.50. The van der Waals surface area contributed by atoms with Crippen molar-refractivity contribution in [3.05, 3.63) is 52.3 Å². The molecule has 0 radical (unpaired) electrons. The van der Waals surface area contributed by atoms with Gasteiger partial charge in [-0.25, -0.2) is 0 Å². The van der Waals surface area contributed by atoms with E-state index in [0.29, 0.717) is 11.1 Å². The molecule has 0 unspecified atom stereocenters. The smallest absolute Gasteiger partial charge is 0.0754 e. The number of para-hydroxylation sites is 1. The van der Waals surface area contributed by atoms with E-state index in [1.165, 1.54) is 17.8 Å². The van der Waals surface area contributed by atoms with Crippen LogP contribution >= 0.6 is 11.6 Å². The number of benzene rings is 1. The molecule has 0 amide bonds. The minimum Gasteiger partial charge on any atom is -0.376 e. The lowest BCUT2D eigenvalue weighted by Gasteiger charge is -2.14. The molecule has 1 N–H and O–H groups in total. The molecule has 1 aliphatic heterocycles.